The minimum Gasteiger partial charge on any atom is -0.480 e. The number of nitrogens with one attached hydrogen (secondary N) is 1. The van der Waals surface area contributed by atoms with Crippen molar-refractivity contribution in [2.45, 2.75) is 32.2 Å². The molecule has 2 amide bonds. The molecule has 1 fully saturated rings. The van der Waals surface area contributed by atoms with Crippen LogP contribution in [0.25, 0.3) is 0 Å². The molecule has 0 saturated carbocycles. The van der Waals surface area contributed by atoms with Crippen molar-refractivity contribution < 1.29 is 14.7 Å². The van der Waals surface area contributed by atoms with E-state index in [-0.39, 0.29) is 5.95 Å². The molecule has 2 atom stereocenters. The number of piperidine rings is 1. The molecule has 0 aromatic carbocycles. The highest BCUT2D eigenvalue weighted by atomic mass is 16.4. The monoisotopic (exact) mass is 278 g/mol. The molecule has 1 aliphatic heterocycles. The molecule has 0 radical (unpaired) electrons. The minimum absolute atomic E-state index is 0.180. The summed E-state index contributed by atoms with van der Waals surface area (Å²) in [5.74, 6) is -0.431. The maximum Gasteiger partial charge on any atom is 0.326 e. The summed E-state index contributed by atoms with van der Waals surface area (Å²) >= 11 is 0. The van der Waals surface area contributed by atoms with Gasteiger partial charge in [-0.25, -0.2) is 19.6 Å². The number of hydrogen-bond acceptors (Lipinski definition) is 4. The van der Waals surface area contributed by atoms with Crippen LogP contribution in [0.4, 0.5) is 10.7 Å². The van der Waals surface area contributed by atoms with Crippen LogP contribution in [0.2, 0.25) is 0 Å². The lowest BCUT2D eigenvalue weighted by Crippen LogP contribution is -2.51. The number of rotatable bonds is 3. The summed E-state index contributed by atoms with van der Waals surface area (Å²) in [6.07, 6.45) is 5.28. The summed E-state index contributed by atoms with van der Waals surface area (Å²) in [6, 6.07) is 0.401. The van der Waals surface area contributed by atoms with Gasteiger partial charge < -0.3 is 10.0 Å². The van der Waals surface area contributed by atoms with E-state index in [1.54, 1.807) is 6.07 Å². The molecule has 20 heavy (non-hydrogen) atoms. The standard InChI is InChI=1S/C13H18N4O3/c1-2-9-4-7-17(10(8-9)11(18)19)13(20)16-12-14-5-3-6-15-12/h3,5-6,9-10H,2,4,7-8H2,1H3,(H,18,19)(H,14,15,16,20). The fraction of sp³-hybridized carbons (Fsp3) is 0.538. The average Bonchev–Trinajstić information content (AvgIpc) is 2.47. The van der Waals surface area contributed by atoms with Gasteiger partial charge in [-0.1, -0.05) is 13.3 Å². The van der Waals surface area contributed by atoms with Gasteiger partial charge in [0.15, 0.2) is 0 Å². The lowest BCUT2D eigenvalue weighted by molar-refractivity contribution is -0.143. The zero-order chi connectivity index (χ0) is 14.5. The van der Waals surface area contributed by atoms with E-state index in [0.29, 0.717) is 18.9 Å². The third-order valence-corrected chi connectivity index (χ3v) is 3.62. The third kappa shape index (κ3) is 3.23. The van der Waals surface area contributed by atoms with Gasteiger partial charge in [-0.2, -0.15) is 0 Å². The van der Waals surface area contributed by atoms with Crippen molar-refractivity contribution in [3.8, 4) is 0 Å². The van der Waals surface area contributed by atoms with Crippen molar-refractivity contribution in [3.05, 3.63) is 18.5 Å². The van der Waals surface area contributed by atoms with Gasteiger partial charge in [-0.05, 0) is 24.8 Å². The van der Waals surface area contributed by atoms with Crippen LogP contribution in [-0.4, -0.2) is 44.6 Å². The summed E-state index contributed by atoms with van der Waals surface area (Å²) in [7, 11) is 0. The van der Waals surface area contributed by atoms with E-state index in [1.165, 1.54) is 17.3 Å². The zero-order valence-electron chi connectivity index (χ0n) is 11.3. The molecule has 108 valence electrons. The van der Waals surface area contributed by atoms with E-state index >= 15 is 0 Å². The van der Waals surface area contributed by atoms with Crippen molar-refractivity contribution in [2.75, 3.05) is 11.9 Å². The van der Waals surface area contributed by atoms with Crippen molar-refractivity contribution in [3.63, 3.8) is 0 Å². The molecule has 7 heteroatoms. The van der Waals surface area contributed by atoms with Gasteiger partial charge in [0.05, 0.1) is 0 Å². The van der Waals surface area contributed by atoms with Gasteiger partial charge in [0.2, 0.25) is 5.95 Å². The second kappa shape index (κ2) is 6.31. The van der Waals surface area contributed by atoms with E-state index in [4.69, 9.17) is 0 Å². The molecule has 0 aliphatic carbocycles. The van der Waals surface area contributed by atoms with Crippen molar-refractivity contribution in [1.82, 2.24) is 14.9 Å². The van der Waals surface area contributed by atoms with Gasteiger partial charge in [-0.3, -0.25) is 5.32 Å². The Balaban J connectivity index is 2.06. The Hall–Kier alpha value is -2.18. The Morgan fingerprint density at radius 1 is 1.45 bits per heavy atom. The molecule has 0 bridgehead atoms. The Kier molecular flexibility index (Phi) is 4.49. The smallest absolute Gasteiger partial charge is 0.326 e. The Morgan fingerprint density at radius 2 is 2.15 bits per heavy atom. The molecule has 2 heterocycles. The first kappa shape index (κ1) is 14.2. The van der Waals surface area contributed by atoms with Gasteiger partial charge in [0, 0.05) is 18.9 Å². The maximum absolute atomic E-state index is 12.1. The lowest BCUT2D eigenvalue weighted by Gasteiger charge is -2.36. The van der Waals surface area contributed by atoms with Gasteiger partial charge in [-0.15, -0.1) is 0 Å². The maximum atomic E-state index is 12.1. The molecule has 2 N–H and O–H groups in total. The summed E-state index contributed by atoms with van der Waals surface area (Å²) in [5.41, 5.74) is 0. The second-order valence-electron chi connectivity index (χ2n) is 4.85. The van der Waals surface area contributed by atoms with Crippen molar-refractivity contribution >= 4 is 17.9 Å². The number of likely N-dealkylation sites (tertiary alicyclic amines) is 1. The van der Waals surface area contributed by atoms with Crippen LogP contribution < -0.4 is 5.32 Å². The molecule has 2 rings (SSSR count). The zero-order valence-corrected chi connectivity index (χ0v) is 11.3. The fourth-order valence-electron chi connectivity index (χ4n) is 2.42. The third-order valence-electron chi connectivity index (χ3n) is 3.62. The number of anilines is 1. The van der Waals surface area contributed by atoms with Crippen LogP contribution in [0.15, 0.2) is 18.5 Å². The highest BCUT2D eigenvalue weighted by Gasteiger charge is 2.35. The van der Waals surface area contributed by atoms with Crippen molar-refractivity contribution in [2.24, 2.45) is 5.92 Å². The van der Waals surface area contributed by atoms with E-state index in [2.05, 4.69) is 15.3 Å². The fourth-order valence-corrected chi connectivity index (χ4v) is 2.42. The van der Waals surface area contributed by atoms with Crippen LogP contribution in [-0.2, 0) is 4.79 Å². The van der Waals surface area contributed by atoms with Crippen LogP contribution in [0, 0.1) is 5.92 Å². The highest BCUT2D eigenvalue weighted by Crippen LogP contribution is 2.26. The average molecular weight is 278 g/mol. The van der Waals surface area contributed by atoms with Gasteiger partial charge in [0.25, 0.3) is 0 Å². The van der Waals surface area contributed by atoms with Gasteiger partial charge >= 0.3 is 12.0 Å². The Morgan fingerprint density at radius 3 is 2.75 bits per heavy atom. The van der Waals surface area contributed by atoms with Crippen LogP contribution in [0.1, 0.15) is 26.2 Å². The molecule has 7 nitrogen and oxygen atoms in total. The largest absolute Gasteiger partial charge is 0.480 e. The van der Waals surface area contributed by atoms with E-state index in [9.17, 15) is 14.7 Å². The molecule has 1 aromatic rings. The molecular weight excluding hydrogens is 260 g/mol. The van der Waals surface area contributed by atoms with Crippen LogP contribution in [0.5, 0.6) is 0 Å². The number of amides is 2. The number of aromatic nitrogens is 2. The number of carboxylic acid groups (broad SMARTS) is 1. The lowest BCUT2D eigenvalue weighted by atomic mass is 9.89. The second-order valence-corrected chi connectivity index (χ2v) is 4.85. The SMILES string of the molecule is CCC1CCN(C(=O)Nc2ncccn2)C(C(=O)O)C1. The Bertz CT molecular complexity index is 480. The molecule has 2 unspecified atom stereocenters. The normalized spacial score (nSPS) is 22.4. The predicted octanol–water partition coefficient (Wildman–Crippen LogP) is 1.58. The predicted molar refractivity (Wildman–Crippen MR) is 72.2 cm³/mol. The number of aliphatic carboxylic acids is 1. The number of carboxylic acids is 1. The number of urea groups is 1. The number of carbonyl (C=O) groups excluding carboxylic acids is 1. The first-order chi connectivity index (χ1) is 9.61. The van der Waals surface area contributed by atoms with E-state index in [0.717, 1.165) is 12.8 Å². The molecule has 1 saturated heterocycles. The molecule has 1 aliphatic rings. The molecule has 1 aromatic heterocycles. The van der Waals surface area contributed by atoms with E-state index in [1.807, 2.05) is 6.92 Å². The van der Waals surface area contributed by atoms with Crippen LogP contribution >= 0.6 is 0 Å². The summed E-state index contributed by atoms with van der Waals surface area (Å²) in [4.78, 5) is 32.6. The van der Waals surface area contributed by atoms with Crippen LogP contribution in [0.3, 0.4) is 0 Å². The number of hydrogen-bond donors (Lipinski definition) is 2. The number of carbonyl (C=O) groups is 2. The van der Waals surface area contributed by atoms with E-state index < -0.39 is 18.0 Å². The van der Waals surface area contributed by atoms with Gasteiger partial charge in [0.1, 0.15) is 6.04 Å². The first-order valence-corrected chi connectivity index (χ1v) is 6.69. The molecular formula is C13H18N4O3. The first-order valence-electron chi connectivity index (χ1n) is 6.69. The summed E-state index contributed by atoms with van der Waals surface area (Å²) in [6.45, 7) is 2.48. The Labute approximate surface area is 117 Å². The topological polar surface area (TPSA) is 95.4 Å². The van der Waals surface area contributed by atoms with Crippen molar-refractivity contribution in [1.29, 1.82) is 0 Å². The minimum atomic E-state index is -0.965. The highest BCUT2D eigenvalue weighted by molar-refractivity contribution is 5.91. The number of nitrogens with zero attached hydrogens (tertiary/aromatic N) is 3. The quantitative estimate of drug-likeness (QED) is 0.875. The summed E-state index contributed by atoms with van der Waals surface area (Å²) < 4.78 is 0. The molecule has 0 spiro atoms. The summed E-state index contributed by atoms with van der Waals surface area (Å²) in [5, 5.41) is 11.8.